The minimum Gasteiger partial charge on any atom is -0.465 e. The Bertz CT molecular complexity index is 336. The molecule has 1 rings (SSSR count). The molecule has 0 heterocycles. The van der Waals surface area contributed by atoms with E-state index in [1.165, 1.54) is 14.2 Å². The second-order valence-corrected chi connectivity index (χ2v) is 2.83. The van der Waals surface area contributed by atoms with Crippen molar-refractivity contribution in [1.29, 1.82) is 0 Å². The predicted molar refractivity (Wildman–Crippen MR) is 53.2 cm³/mol. The molecule has 0 aliphatic heterocycles. The monoisotopic (exact) mass is 195 g/mol. The van der Waals surface area contributed by atoms with Gasteiger partial charge in [-0.15, -0.1) is 0 Å². The van der Waals surface area contributed by atoms with Crippen LogP contribution in [0.5, 0.6) is 0 Å². The number of aryl methyl sites for hydroxylation is 1. The Kier molecular flexibility index (Phi) is 3.48. The molecule has 4 heteroatoms. The number of nitrogens with one attached hydrogen (secondary N) is 1. The van der Waals surface area contributed by atoms with Gasteiger partial charge in [0.15, 0.2) is 0 Å². The van der Waals surface area contributed by atoms with Crippen molar-refractivity contribution in [3.05, 3.63) is 29.3 Å². The molecule has 0 spiro atoms. The molecular weight excluding hydrogens is 182 g/mol. The molecule has 0 radical (unpaired) electrons. The van der Waals surface area contributed by atoms with Gasteiger partial charge in [0, 0.05) is 0 Å². The summed E-state index contributed by atoms with van der Waals surface area (Å²) in [5, 5.41) is 0. The summed E-state index contributed by atoms with van der Waals surface area (Å²) in [6, 6.07) is 5.22. The number of rotatable bonds is 3. The smallest absolute Gasteiger partial charge is 0.337 e. The van der Waals surface area contributed by atoms with Crippen LogP contribution in [0.3, 0.4) is 0 Å². The van der Waals surface area contributed by atoms with E-state index in [1.807, 2.05) is 13.0 Å². The highest BCUT2D eigenvalue weighted by atomic mass is 16.6. The molecule has 0 aliphatic rings. The van der Waals surface area contributed by atoms with Gasteiger partial charge in [-0.3, -0.25) is 10.3 Å². The summed E-state index contributed by atoms with van der Waals surface area (Å²) in [6.07, 6.45) is 0. The van der Waals surface area contributed by atoms with Crippen molar-refractivity contribution in [1.82, 2.24) is 0 Å². The average Bonchev–Trinajstić information content (AvgIpc) is 2.20. The first-order chi connectivity index (χ1) is 6.69. The molecule has 0 unspecified atom stereocenters. The third kappa shape index (κ3) is 2.23. The maximum Gasteiger partial charge on any atom is 0.337 e. The van der Waals surface area contributed by atoms with Gasteiger partial charge in [-0.2, -0.15) is 0 Å². The fraction of sp³-hybridized carbons (Fsp3) is 0.300. The molecular formula is C10H13NO3. The summed E-state index contributed by atoms with van der Waals surface area (Å²) in [7, 11) is 2.87. The molecule has 14 heavy (non-hydrogen) atoms. The highest BCUT2D eigenvalue weighted by Crippen LogP contribution is 2.17. The number of benzene rings is 1. The Balaban J connectivity index is 2.99. The number of esters is 1. The van der Waals surface area contributed by atoms with E-state index >= 15 is 0 Å². The van der Waals surface area contributed by atoms with E-state index in [1.54, 1.807) is 12.1 Å². The summed E-state index contributed by atoms with van der Waals surface area (Å²) in [5.74, 6) is -0.357. The zero-order valence-corrected chi connectivity index (χ0v) is 8.46. The minimum atomic E-state index is -0.357. The maximum absolute atomic E-state index is 11.2. The van der Waals surface area contributed by atoms with Crippen LogP contribution >= 0.6 is 0 Å². The molecule has 0 aliphatic carbocycles. The first-order valence-electron chi connectivity index (χ1n) is 4.17. The number of carbonyl (C=O) groups is 1. The summed E-state index contributed by atoms with van der Waals surface area (Å²) >= 11 is 0. The second kappa shape index (κ2) is 4.62. The number of methoxy groups -OCH3 is 1. The largest absolute Gasteiger partial charge is 0.465 e. The van der Waals surface area contributed by atoms with Crippen molar-refractivity contribution >= 4 is 11.7 Å². The summed E-state index contributed by atoms with van der Waals surface area (Å²) in [5.41, 5.74) is 4.94. The van der Waals surface area contributed by atoms with Gasteiger partial charge in [-0.25, -0.2) is 4.79 Å². The molecule has 0 saturated heterocycles. The van der Waals surface area contributed by atoms with E-state index < -0.39 is 0 Å². The van der Waals surface area contributed by atoms with E-state index in [0.29, 0.717) is 5.56 Å². The highest BCUT2D eigenvalue weighted by Gasteiger charge is 2.07. The van der Waals surface area contributed by atoms with Crippen molar-refractivity contribution in [2.75, 3.05) is 19.7 Å². The number of hydrogen-bond donors (Lipinski definition) is 1. The fourth-order valence-electron chi connectivity index (χ4n) is 1.09. The van der Waals surface area contributed by atoms with Crippen molar-refractivity contribution in [2.24, 2.45) is 0 Å². The van der Waals surface area contributed by atoms with E-state index in [9.17, 15) is 4.79 Å². The quantitative estimate of drug-likeness (QED) is 0.589. The van der Waals surface area contributed by atoms with Gasteiger partial charge in [0.2, 0.25) is 0 Å². The molecule has 1 aromatic carbocycles. The van der Waals surface area contributed by atoms with Crippen LogP contribution in [0.1, 0.15) is 15.9 Å². The second-order valence-electron chi connectivity index (χ2n) is 2.83. The van der Waals surface area contributed by atoms with Crippen molar-refractivity contribution in [3.8, 4) is 0 Å². The lowest BCUT2D eigenvalue weighted by Crippen LogP contribution is -2.04. The molecule has 1 aromatic rings. The summed E-state index contributed by atoms with van der Waals surface area (Å²) in [4.78, 5) is 16.0. The zero-order chi connectivity index (χ0) is 10.6. The lowest BCUT2D eigenvalue weighted by atomic mass is 10.1. The van der Waals surface area contributed by atoms with E-state index in [0.717, 1.165) is 11.3 Å². The number of ether oxygens (including phenoxy) is 1. The molecule has 0 aromatic heterocycles. The van der Waals surface area contributed by atoms with Crippen LogP contribution in [0.4, 0.5) is 5.69 Å². The van der Waals surface area contributed by atoms with Crippen molar-refractivity contribution in [2.45, 2.75) is 6.92 Å². The molecule has 0 fully saturated rings. The van der Waals surface area contributed by atoms with Crippen LogP contribution in [-0.4, -0.2) is 20.2 Å². The van der Waals surface area contributed by atoms with Gasteiger partial charge in [0.05, 0.1) is 25.5 Å². The average molecular weight is 195 g/mol. The van der Waals surface area contributed by atoms with Gasteiger partial charge in [-0.05, 0) is 24.6 Å². The Morgan fingerprint density at radius 3 is 2.64 bits per heavy atom. The Morgan fingerprint density at radius 1 is 1.36 bits per heavy atom. The minimum absolute atomic E-state index is 0.357. The lowest BCUT2D eigenvalue weighted by molar-refractivity contribution is 0.0601. The van der Waals surface area contributed by atoms with Crippen LogP contribution in [0.15, 0.2) is 18.2 Å². The Morgan fingerprint density at radius 2 is 2.07 bits per heavy atom. The van der Waals surface area contributed by atoms with E-state index in [4.69, 9.17) is 4.84 Å². The first-order valence-corrected chi connectivity index (χ1v) is 4.17. The van der Waals surface area contributed by atoms with Crippen LogP contribution in [0.2, 0.25) is 0 Å². The van der Waals surface area contributed by atoms with Crippen LogP contribution in [0, 0.1) is 6.92 Å². The van der Waals surface area contributed by atoms with Gasteiger partial charge in [-0.1, -0.05) is 6.07 Å². The molecule has 4 nitrogen and oxygen atoms in total. The van der Waals surface area contributed by atoms with Gasteiger partial charge in [0.25, 0.3) is 0 Å². The molecule has 76 valence electrons. The highest BCUT2D eigenvalue weighted by molar-refractivity contribution is 5.90. The van der Waals surface area contributed by atoms with Crippen molar-refractivity contribution in [3.63, 3.8) is 0 Å². The zero-order valence-electron chi connectivity index (χ0n) is 8.46. The van der Waals surface area contributed by atoms with Crippen LogP contribution in [0.25, 0.3) is 0 Å². The van der Waals surface area contributed by atoms with Crippen LogP contribution in [-0.2, 0) is 9.57 Å². The van der Waals surface area contributed by atoms with E-state index in [-0.39, 0.29) is 5.97 Å². The molecule has 0 saturated carbocycles. The molecule has 1 N–H and O–H groups in total. The SMILES string of the molecule is CONc1cc(C(=O)OC)ccc1C. The Hall–Kier alpha value is -1.55. The van der Waals surface area contributed by atoms with Gasteiger partial charge in [0.1, 0.15) is 0 Å². The molecule has 0 bridgehead atoms. The summed E-state index contributed by atoms with van der Waals surface area (Å²) < 4.78 is 4.60. The molecule has 0 atom stereocenters. The van der Waals surface area contributed by atoms with Crippen molar-refractivity contribution < 1.29 is 14.4 Å². The Labute approximate surface area is 82.8 Å². The van der Waals surface area contributed by atoms with Gasteiger partial charge >= 0.3 is 5.97 Å². The predicted octanol–water partition coefficient (Wildman–Crippen LogP) is 1.75. The summed E-state index contributed by atoms with van der Waals surface area (Å²) in [6.45, 7) is 1.92. The fourth-order valence-corrected chi connectivity index (χ4v) is 1.09. The standard InChI is InChI=1S/C10H13NO3/c1-7-4-5-8(10(12)13-2)6-9(7)11-14-3/h4-6,11H,1-3H3. The number of anilines is 1. The molecule has 0 amide bonds. The topological polar surface area (TPSA) is 47.6 Å². The third-order valence-electron chi connectivity index (χ3n) is 1.87. The number of carbonyl (C=O) groups excluding carboxylic acids is 1. The maximum atomic E-state index is 11.2. The lowest BCUT2D eigenvalue weighted by Gasteiger charge is -2.08. The first kappa shape index (κ1) is 10.5. The van der Waals surface area contributed by atoms with Crippen LogP contribution < -0.4 is 5.48 Å². The number of hydrogen-bond acceptors (Lipinski definition) is 4. The normalized spacial score (nSPS) is 9.64. The van der Waals surface area contributed by atoms with E-state index in [2.05, 4.69) is 10.2 Å². The van der Waals surface area contributed by atoms with Gasteiger partial charge < -0.3 is 4.74 Å². The third-order valence-corrected chi connectivity index (χ3v) is 1.87.